The summed E-state index contributed by atoms with van der Waals surface area (Å²) in [4.78, 5) is 11.9. The van der Waals surface area contributed by atoms with Gasteiger partial charge in [-0.1, -0.05) is 48.5 Å². The lowest BCUT2D eigenvalue weighted by Gasteiger charge is -2.13. The van der Waals surface area contributed by atoms with E-state index in [-0.39, 0.29) is 10.8 Å². The van der Waals surface area contributed by atoms with E-state index >= 15 is 0 Å². The number of nitrogens with one attached hydrogen (secondary N) is 2. The van der Waals surface area contributed by atoms with E-state index in [1.807, 2.05) is 32.0 Å². The lowest BCUT2D eigenvalue weighted by Crippen LogP contribution is -2.14. The number of nitrogens with zero attached hydrogens (tertiary/aromatic N) is 1. The van der Waals surface area contributed by atoms with Crippen LogP contribution in [-0.2, 0) is 14.8 Å². The summed E-state index contributed by atoms with van der Waals surface area (Å²) in [7, 11) is -3.71. The fourth-order valence-corrected chi connectivity index (χ4v) is 4.18. The van der Waals surface area contributed by atoms with Crippen molar-refractivity contribution in [1.29, 1.82) is 0 Å². The first kappa shape index (κ1) is 22.3. The van der Waals surface area contributed by atoms with Gasteiger partial charge in [-0.3, -0.25) is 9.52 Å². The van der Waals surface area contributed by atoms with Crippen LogP contribution in [0.3, 0.4) is 0 Å². The fraction of sp³-hybridized carbons (Fsp3) is 0.217. The molecule has 2 aromatic carbocycles. The van der Waals surface area contributed by atoms with Gasteiger partial charge in [0, 0.05) is 6.42 Å². The first-order valence-electron chi connectivity index (χ1n) is 9.84. The summed E-state index contributed by atoms with van der Waals surface area (Å²) in [5, 5.41) is 6.66. The Bertz CT molecular complexity index is 1210. The maximum Gasteiger partial charge on any atom is 0.261 e. The van der Waals surface area contributed by atoms with E-state index in [4.69, 9.17) is 4.52 Å². The largest absolute Gasteiger partial charge is 0.354 e. The molecule has 0 saturated heterocycles. The summed E-state index contributed by atoms with van der Waals surface area (Å²) in [6.07, 6.45) is 3.79. The molecule has 2 N–H and O–H groups in total. The predicted molar refractivity (Wildman–Crippen MR) is 122 cm³/mol. The number of hydrogen-bond donors (Lipinski definition) is 2. The van der Waals surface area contributed by atoms with Gasteiger partial charge in [0.05, 0.1) is 10.6 Å². The van der Waals surface area contributed by atoms with Gasteiger partial charge >= 0.3 is 0 Å². The molecule has 8 heteroatoms. The van der Waals surface area contributed by atoms with Gasteiger partial charge in [0.1, 0.15) is 11.4 Å². The molecule has 31 heavy (non-hydrogen) atoms. The Balaban J connectivity index is 1.79. The number of amides is 1. The van der Waals surface area contributed by atoms with Crippen molar-refractivity contribution in [3.63, 3.8) is 0 Å². The van der Waals surface area contributed by atoms with E-state index in [2.05, 4.69) is 15.2 Å². The van der Waals surface area contributed by atoms with Gasteiger partial charge in [-0.05, 0) is 55.7 Å². The maximum atomic E-state index is 12.8. The van der Waals surface area contributed by atoms with Crippen LogP contribution in [0.2, 0.25) is 0 Å². The van der Waals surface area contributed by atoms with E-state index in [9.17, 15) is 13.2 Å². The molecule has 0 saturated carbocycles. The second-order valence-corrected chi connectivity index (χ2v) is 8.87. The molecular weight excluding hydrogens is 414 g/mol. The molecule has 3 rings (SSSR count). The number of benzene rings is 2. The average molecular weight is 440 g/mol. The number of rotatable bonds is 7. The van der Waals surface area contributed by atoms with Crippen molar-refractivity contribution >= 4 is 39.5 Å². The average Bonchev–Trinajstić information content (AvgIpc) is 3.09. The first-order chi connectivity index (χ1) is 14.7. The Kier molecular flexibility index (Phi) is 6.60. The highest BCUT2D eigenvalue weighted by Crippen LogP contribution is 2.25. The number of aromatic nitrogens is 1. The molecule has 0 unspecified atom stereocenters. The molecule has 0 atom stereocenters. The van der Waals surface area contributed by atoms with Gasteiger partial charge in [-0.2, -0.15) is 0 Å². The van der Waals surface area contributed by atoms with E-state index in [0.717, 1.165) is 16.7 Å². The zero-order valence-corrected chi connectivity index (χ0v) is 18.7. The highest BCUT2D eigenvalue weighted by atomic mass is 32.2. The molecular formula is C23H25N3O4S. The van der Waals surface area contributed by atoms with Gasteiger partial charge in [0.25, 0.3) is 10.0 Å². The van der Waals surface area contributed by atoms with Crippen molar-refractivity contribution in [3.8, 4) is 0 Å². The molecule has 1 heterocycles. The molecule has 1 amide bonds. The van der Waals surface area contributed by atoms with Crippen molar-refractivity contribution in [1.82, 2.24) is 5.16 Å². The predicted octanol–water partition coefficient (Wildman–Crippen LogP) is 4.92. The minimum atomic E-state index is -3.71. The smallest absolute Gasteiger partial charge is 0.261 e. The van der Waals surface area contributed by atoms with Crippen molar-refractivity contribution in [3.05, 3.63) is 70.6 Å². The van der Waals surface area contributed by atoms with Crippen LogP contribution in [0.5, 0.6) is 0 Å². The number of carbonyl (C=O) groups is 1. The second kappa shape index (κ2) is 9.18. The quantitative estimate of drug-likeness (QED) is 0.544. The summed E-state index contributed by atoms with van der Waals surface area (Å²) in [5.74, 6) is 0.291. The zero-order valence-electron chi connectivity index (χ0n) is 17.9. The van der Waals surface area contributed by atoms with Crippen molar-refractivity contribution in [2.45, 2.75) is 39.0 Å². The van der Waals surface area contributed by atoms with Crippen LogP contribution in [0.1, 0.15) is 41.5 Å². The van der Waals surface area contributed by atoms with Crippen LogP contribution in [0, 0.1) is 20.8 Å². The molecule has 3 aromatic rings. The molecule has 0 bridgehead atoms. The lowest BCUT2D eigenvalue weighted by molar-refractivity contribution is -0.115. The number of sulfonamides is 1. The normalized spacial score (nSPS) is 11.6. The molecule has 0 aliphatic heterocycles. The Labute approximate surface area is 182 Å². The number of para-hydroxylation sites is 1. The third kappa shape index (κ3) is 5.21. The van der Waals surface area contributed by atoms with Crippen LogP contribution < -0.4 is 10.0 Å². The summed E-state index contributed by atoms with van der Waals surface area (Å²) in [5.41, 5.74) is 4.19. The van der Waals surface area contributed by atoms with Crippen LogP contribution in [-0.4, -0.2) is 19.5 Å². The molecule has 0 fully saturated rings. The molecule has 0 aliphatic carbocycles. The summed E-state index contributed by atoms with van der Waals surface area (Å²) in [6, 6.07) is 12.1. The highest BCUT2D eigenvalue weighted by molar-refractivity contribution is 7.92. The Morgan fingerprint density at radius 1 is 1.00 bits per heavy atom. The van der Waals surface area contributed by atoms with Gasteiger partial charge in [-0.25, -0.2) is 8.42 Å². The zero-order chi connectivity index (χ0) is 22.6. The minimum absolute atomic E-state index is 0.133. The van der Waals surface area contributed by atoms with Gasteiger partial charge in [-0.15, -0.1) is 0 Å². The first-order valence-corrected chi connectivity index (χ1v) is 11.3. The van der Waals surface area contributed by atoms with E-state index < -0.39 is 10.0 Å². The summed E-state index contributed by atoms with van der Waals surface area (Å²) >= 11 is 0. The third-order valence-electron chi connectivity index (χ3n) is 4.81. The van der Waals surface area contributed by atoms with E-state index in [1.165, 1.54) is 0 Å². The van der Waals surface area contributed by atoms with Crippen molar-refractivity contribution in [2.75, 3.05) is 10.0 Å². The van der Waals surface area contributed by atoms with Crippen LogP contribution >= 0.6 is 0 Å². The van der Waals surface area contributed by atoms with Crippen LogP contribution in [0.25, 0.3) is 12.2 Å². The van der Waals surface area contributed by atoms with Gasteiger partial charge < -0.3 is 9.84 Å². The van der Waals surface area contributed by atoms with Crippen molar-refractivity contribution < 1.29 is 17.7 Å². The Hall–Kier alpha value is -3.39. The van der Waals surface area contributed by atoms with Gasteiger partial charge in [0.15, 0.2) is 5.76 Å². The van der Waals surface area contributed by atoms with E-state index in [0.29, 0.717) is 29.2 Å². The van der Waals surface area contributed by atoms with Crippen LogP contribution in [0.4, 0.5) is 11.4 Å². The van der Waals surface area contributed by atoms with E-state index in [1.54, 1.807) is 50.3 Å². The van der Waals surface area contributed by atoms with Gasteiger partial charge in [0.2, 0.25) is 5.91 Å². The SMILES string of the molecule is CCC(=O)Nc1c(C)noc1C=Cc1ccc(S(=O)(=O)Nc2c(C)cccc2C)cc1. The number of hydrogen-bond acceptors (Lipinski definition) is 5. The number of carbonyl (C=O) groups excluding carboxylic acids is 1. The fourth-order valence-electron chi connectivity index (χ4n) is 2.98. The topological polar surface area (TPSA) is 101 Å². The Morgan fingerprint density at radius 3 is 2.26 bits per heavy atom. The molecule has 0 aliphatic rings. The third-order valence-corrected chi connectivity index (χ3v) is 6.18. The second-order valence-electron chi connectivity index (χ2n) is 7.18. The minimum Gasteiger partial charge on any atom is -0.354 e. The maximum absolute atomic E-state index is 12.8. The Morgan fingerprint density at radius 2 is 1.65 bits per heavy atom. The standard InChI is InChI=1S/C23H25N3O4S/c1-5-21(27)24-23-17(4)25-30-20(23)14-11-18-9-12-19(13-10-18)31(28,29)26-22-15(2)7-6-8-16(22)3/h6-14,26H,5H2,1-4H3,(H,24,27). The lowest BCUT2D eigenvalue weighted by atomic mass is 10.1. The number of aryl methyl sites for hydroxylation is 3. The number of anilines is 2. The van der Waals surface area contributed by atoms with Crippen LogP contribution in [0.15, 0.2) is 51.9 Å². The molecule has 7 nitrogen and oxygen atoms in total. The molecule has 0 radical (unpaired) electrons. The summed E-state index contributed by atoms with van der Waals surface area (Å²) < 4.78 is 33.5. The molecule has 162 valence electrons. The molecule has 0 spiro atoms. The summed E-state index contributed by atoms with van der Waals surface area (Å²) in [6.45, 7) is 7.23. The monoisotopic (exact) mass is 439 g/mol. The van der Waals surface area contributed by atoms with Crippen molar-refractivity contribution in [2.24, 2.45) is 0 Å². The highest BCUT2D eigenvalue weighted by Gasteiger charge is 2.16. The molecule has 1 aromatic heterocycles.